The third kappa shape index (κ3) is 3.75. The summed E-state index contributed by atoms with van der Waals surface area (Å²) >= 11 is 0. The second-order valence-corrected chi connectivity index (χ2v) is 7.24. The van der Waals surface area contributed by atoms with Crippen molar-refractivity contribution in [1.82, 2.24) is 19.6 Å². The van der Waals surface area contributed by atoms with E-state index in [0.717, 1.165) is 65.7 Å². The van der Waals surface area contributed by atoms with Crippen LogP contribution in [-0.4, -0.2) is 46.8 Å². The molecule has 144 valence electrons. The zero-order valence-corrected chi connectivity index (χ0v) is 17.3. The predicted octanol–water partition coefficient (Wildman–Crippen LogP) is 4.10. The van der Waals surface area contributed by atoms with Crippen LogP contribution in [0.15, 0.2) is 24.4 Å². The fourth-order valence-corrected chi connectivity index (χ4v) is 3.47. The Labute approximate surface area is 161 Å². The van der Waals surface area contributed by atoms with Gasteiger partial charge >= 0.3 is 0 Å². The molecule has 0 atom stereocenters. The quantitative estimate of drug-likeness (QED) is 0.631. The maximum absolute atomic E-state index is 4.85. The molecule has 3 rings (SSSR count). The minimum atomic E-state index is 0.902. The molecule has 0 amide bonds. The van der Waals surface area contributed by atoms with E-state index < -0.39 is 0 Å². The van der Waals surface area contributed by atoms with Gasteiger partial charge in [-0.05, 0) is 38.8 Å². The van der Waals surface area contributed by atoms with Crippen LogP contribution in [0, 0.1) is 13.8 Å². The van der Waals surface area contributed by atoms with Gasteiger partial charge in [0.2, 0.25) is 0 Å². The van der Waals surface area contributed by atoms with Crippen molar-refractivity contribution in [3.63, 3.8) is 0 Å². The Kier molecular flexibility index (Phi) is 5.63. The summed E-state index contributed by atoms with van der Waals surface area (Å²) in [5.41, 5.74) is 5.00. The second-order valence-electron chi connectivity index (χ2n) is 7.24. The van der Waals surface area contributed by atoms with E-state index in [9.17, 15) is 0 Å². The highest BCUT2D eigenvalue weighted by atomic mass is 15.3. The van der Waals surface area contributed by atoms with E-state index in [0.29, 0.717) is 0 Å². The number of aryl methyl sites for hydroxylation is 2. The number of fused-ring (bicyclic) bond motifs is 1. The number of anilines is 2. The van der Waals surface area contributed by atoms with Crippen molar-refractivity contribution < 1.29 is 0 Å². The van der Waals surface area contributed by atoms with E-state index in [-0.39, 0.29) is 0 Å². The molecule has 0 aromatic carbocycles. The third-order valence-electron chi connectivity index (χ3n) is 4.68. The van der Waals surface area contributed by atoms with Crippen molar-refractivity contribution in [2.45, 2.75) is 40.5 Å². The predicted molar refractivity (Wildman–Crippen MR) is 113 cm³/mol. The molecular weight excluding hydrogens is 335 g/mol. The largest absolute Gasteiger partial charge is 0.363 e. The topological polar surface area (TPSA) is 49.6 Å². The van der Waals surface area contributed by atoms with Gasteiger partial charge in [0.1, 0.15) is 11.6 Å². The molecule has 0 spiro atoms. The molecule has 0 aliphatic heterocycles. The first-order valence-electron chi connectivity index (χ1n) is 9.71. The maximum Gasteiger partial charge on any atom is 0.165 e. The average molecular weight is 366 g/mol. The van der Waals surface area contributed by atoms with Crippen LogP contribution in [0.5, 0.6) is 0 Å². The fourth-order valence-electron chi connectivity index (χ4n) is 3.47. The zero-order valence-electron chi connectivity index (χ0n) is 17.3. The summed E-state index contributed by atoms with van der Waals surface area (Å²) in [5.74, 6) is 2.06. The van der Waals surface area contributed by atoms with Crippen LogP contribution in [0.2, 0.25) is 0 Å². The average Bonchev–Trinajstić information content (AvgIpc) is 2.96. The molecule has 3 heterocycles. The minimum absolute atomic E-state index is 0.902. The van der Waals surface area contributed by atoms with Gasteiger partial charge < -0.3 is 9.80 Å². The van der Waals surface area contributed by atoms with Crippen molar-refractivity contribution in [2.75, 3.05) is 37.0 Å². The van der Waals surface area contributed by atoms with Crippen LogP contribution in [0.3, 0.4) is 0 Å². The van der Waals surface area contributed by atoms with Gasteiger partial charge in [0.15, 0.2) is 5.65 Å². The van der Waals surface area contributed by atoms with Crippen LogP contribution < -0.4 is 9.80 Å². The number of hydrogen-bond acceptors (Lipinski definition) is 5. The lowest BCUT2D eigenvalue weighted by molar-refractivity contribution is 0.713. The SMILES string of the molecule is CCCN(CCC)c1cc(C)nc2c(-c3ccc(N(C)[11CH3])nc3)c(C)nn12. The molecule has 27 heavy (non-hydrogen) atoms. The monoisotopic (exact) mass is 365 g/mol. The summed E-state index contributed by atoms with van der Waals surface area (Å²) < 4.78 is 2.00. The van der Waals surface area contributed by atoms with Gasteiger partial charge in [0.25, 0.3) is 0 Å². The smallest absolute Gasteiger partial charge is 0.165 e. The zero-order chi connectivity index (χ0) is 19.6. The summed E-state index contributed by atoms with van der Waals surface area (Å²) in [5, 5.41) is 4.85. The molecule has 6 heteroatoms. The minimum Gasteiger partial charge on any atom is -0.363 e. The Balaban J connectivity index is 2.17. The Morgan fingerprint density at radius 2 is 1.74 bits per heavy atom. The number of rotatable bonds is 7. The molecule has 6 nitrogen and oxygen atoms in total. The standard InChI is InChI=1S/C21H30N6/c1-7-11-26(12-8-2)19-13-15(3)23-21-20(16(4)24-27(19)21)17-9-10-18(22-14-17)25(5)6/h9-10,13-14H,7-8,11-12H2,1-6H3/i5-1. The summed E-state index contributed by atoms with van der Waals surface area (Å²) in [6, 6.07) is 6.28. The fraction of sp³-hybridized carbons (Fsp3) is 0.476. The first-order valence-corrected chi connectivity index (χ1v) is 9.71. The summed E-state index contributed by atoms with van der Waals surface area (Å²) in [6.07, 6.45) is 4.12. The Bertz CT molecular complexity index is 905. The molecule has 3 aromatic rings. The number of nitrogens with zero attached hydrogens (tertiary/aromatic N) is 6. The summed E-state index contributed by atoms with van der Waals surface area (Å²) in [4.78, 5) is 13.8. The molecule has 0 aliphatic carbocycles. The Morgan fingerprint density at radius 1 is 1.04 bits per heavy atom. The first-order chi connectivity index (χ1) is 13.0. The van der Waals surface area contributed by atoms with Gasteiger partial charge in [-0.2, -0.15) is 9.61 Å². The van der Waals surface area contributed by atoms with E-state index in [1.807, 2.05) is 42.7 Å². The van der Waals surface area contributed by atoms with Crippen LogP contribution in [-0.2, 0) is 0 Å². The Morgan fingerprint density at radius 3 is 2.30 bits per heavy atom. The number of aromatic nitrogens is 4. The molecule has 0 radical (unpaired) electrons. The lowest BCUT2D eigenvalue weighted by Crippen LogP contribution is -2.27. The van der Waals surface area contributed by atoms with Gasteiger partial charge in [-0.15, -0.1) is 0 Å². The Hall–Kier alpha value is -2.63. The molecule has 0 fully saturated rings. The van der Waals surface area contributed by atoms with Crippen molar-refractivity contribution in [3.05, 3.63) is 35.8 Å². The molecule has 0 saturated heterocycles. The second kappa shape index (κ2) is 7.94. The molecule has 3 aromatic heterocycles. The first kappa shape index (κ1) is 19.1. The van der Waals surface area contributed by atoms with Crippen molar-refractivity contribution >= 4 is 17.3 Å². The molecule has 0 unspecified atom stereocenters. The normalized spacial score (nSPS) is 11.2. The van der Waals surface area contributed by atoms with Gasteiger partial charge in [-0.1, -0.05) is 13.8 Å². The van der Waals surface area contributed by atoms with Crippen LogP contribution in [0.25, 0.3) is 16.8 Å². The van der Waals surface area contributed by atoms with E-state index in [1.54, 1.807) is 0 Å². The maximum atomic E-state index is 4.85. The van der Waals surface area contributed by atoms with E-state index >= 15 is 0 Å². The van der Waals surface area contributed by atoms with Crippen LogP contribution >= 0.6 is 0 Å². The van der Waals surface area contributed by atoms with Gasteiger partial charge in [0, 0.05) is 50.7 Å². The van der Waals surface area contributed by atoms with Crippen molar-refractivity contribution in [3.8, 4) is 11.1 Å². The highest BCUT2D eigenvalue weighted by molar-refractivity contribution is 5.81. The van der Waals surface area contributed by atoms with Crippen molar-refractivity contribution in [1.29, 1.82) is 0 Å². The number of pyridine rings is 1. The van der Waals surface area contributed by atoms with Gasteiger partial charge in [-0.3, -0.25) is 0 Å². The molecule has 0 saturated carbocycles. The van der Waals surface area contributed by atoms with Crippen LogP contribution in [0.1, 0.15) is 38.1 Å². The molecule has 0 bridgehead atoms. The van der Waals surface area contributed by atoms with Crippen molar-refractivity contribution in [2.24, 2.45) is 0 Å². The lowest BCUT2D eigenvalue weighted by atomic mass is 10.1. The molecular formula is C21H30N6. The van der Waals surface area contributed by atoms with Gasteiger partial charge in [0.05, 0.1) is 11.3 Å². The highest BCUT2D eigenvalue weighted by Gasteiger charge is 2.19. The lowest BCUT2D eigenvalue weighted by Gasteiger charge is -2.24. The molecule has 0 aliphatic rings. The summed E-state index contributed by atoms with van der Waals surface area (Å²) in [7, 11) is 3.99. The van der Waals surface area contributed by atoms with Crippen LogP contribution in [0.4, 0.5) is 11.6 Å². The van der Waals surface area contributed by atoms with E-state index in [2.05, 4.69) is 42.8 Å². The molecule has 0 N–H and O–H groups in total. The summed E-state index contributed by atoms with van der Waals surface area (Å²) in [6.45, 7) is 10.6. The highest BCUT2D eigenvalue weighted by Crippen LogP contribution is 2.30. The van der Waals surface area contributed by atoms with Gasteiger partial charge in [-0.25, -0.2) is 9.97 Å². The van der Waals surface area contributed by atoms with E-state index in [4.69, 9.17) is 10.1 Å². The van der Waals surface area contributed by atoms with E-state index in [1.165, 1.54) is 0 Å². The third-order valence-corrected chi connectivity index (χ3v) is 4.68. The number of hydrogen-bond donors (Lipinski definition) is 0.